The Morgan fingerprint density at radius 1 is 1.47 bits per heavy atom. The van der Waals surface area contributed by atoms with E-state index < -0.39 is 11.5 Å². The fourth-order valence-corrected chi connectivity index (χ4v) is 4.06. The van der Waals surface area contributed by atoms with Gasteiger partial charge in [-0.2, -0.15) is 0 Å². The highest BCUT2D eigenvalue weighted by atomic mass is 35.5. The smallest absolute Gasteiger partial charge is 0.323 e. The lowest BCUT2D eigenvalue weighted by Crippen LogP contribution is -2.48. The van der Waals surface area contributed by atoms with Crippen LogP contribution in [0.5, 0.6) is 0 Å². The Morgan fingerprint density at radius 3 is 2.74 bits per heavy atom. The molecule has 1 saturated carbocycles. The number of nitrogens with one attached hydrogen (secondary N) is 1. The maximum Gasteiger partial charge on any atom is 0.323 e. The molecule has 1 aromatic rings. The molecular formula is C13H15Cl2NO2S. The number of benzene rings is 1. The van der Waals surface area contributed by atoms with Crippen LogP contribution in [0.2, 0.25) is 10.0 Å². The summed E-state index contributed by atoms with van der Waals surface area (Å²) in [5.41, 5.74) is -0.784. The average Bonchev–Trinajstić information content (AvgIpc) is 2.79. The maximum absolute atomic E-state index is 11.3. The summed E-state index contributed by atoms with van der Waals surface area (Å²) in [6.45, 7) is 0. The third-order valence-corrected chi connectivity index (χ3v) is 5.55. The van der Waals surface area contributed by atoms with Crippen LogP contribution < -0.4 is 5.32 Å². The first-order valence-corrected chi connectivity index (χ1v) is 7.64. The van der Waals surface area contributed by atoms with E-state index >= 15 is 0 Å². The van der Waals surface area contributed by atoms with Crippen LogP contribution in [0.1, 0.15) is 19.3 Å². The monoisotopic (exact) mass is 319 g/mol. The van der Waals surface area contributed by atoms with Gasteiger partial charge in [-0.05, 0) is 44.5 Å². The summed E-state index contributed by atoms with van der Waals surface area (Å²) in [5, 5.41) is 13.6. The minimum Gasteiger partial charge on any atom is -0.480 e. The summed E-state index contributed by atoms with van der Waals surface area (Å²) in [4.78, 5) is 12.4. The molecule has 2 rings (SSSR count). The number of hydrogen-bond acceptors (Lipinski definition) is 3. The first kappa shape index (κ1) is 15.0. The van der Waals surface area contributed by atoms with E-state index in [2.05, 4.69) is 5.32 Å². The Morgan fingerprint density at radius 2 is 2.21 bits per heavy atom. The van der Waals surface area contributed by atoms with Gasteiger partial charge in [0.25, 0.3) is 0 Å². The molecule has 1 aliphatic rings. The van der Waals surface area contributed by atoms with Crippen LogP contribution in [0.25, 0.3) is 0 Å². The SMILES string of the molecule is CNC1(C(=O)O)CCC(Sc2ccc(Cl)c(Cl)c2)C1. The van der Waals surface area contributed by atoms with Crippen molar-refractivity contribution in [3.05, 3.63) is 28.2 Å². The summed E-state index contributed by atoms with van der Waals surface area (Å²) in [6.07, 6.45) is 2.14. The van der Waals surface area contributed by atoms with E-state index in [9.17, 15) is 9.90 Å². The predicted molar refractivity (Wildman–Crippen MR) is 79.4 cm³/mol. The Labute approximate surface area is 126 Å². The Balaban J connectivity index is 2.05. The molecule has 0 amide bonds. The fourth-order valence-electron chi connectivity index (χ4n) is 2.37. The van der Waals surface area contributed by atoms with Gasteiger partial charge in [0.2, 0.25) is 0 Å². The van der Waals surface area contributed by atoms with E-state index in [0.717, 1.165) is 11.3 Å². The van der Waals surface area contributed by atoms with Crippen molar-refractivity contribution >= 4 is 40.9 Å². The van der Waals surface area contributed by atoms with Gasteiger partial charge in [0.05, 0.1) is 10.0 Å². The molecule has 0 radical (unpaired) electrons. The molecule has 2 atom stereocenters. The summed E-state index contributed by atoms with van der Waals surface area (Å²) in [5.74, 6) is -0.771. The Kier molecular flexibility index (Phi) is 4.66. The number of carboxylic acid groups (broad SMARTS) is 1. The number of carboxylic acids is 1. The third-order valence-electron chi connectivity index (χ3n) is 3.55. The van der Waals surface area contributed by atoms with Crippen LogP contribution in [-0.2, 0) is 4.79 Å². The molecule has 2 unspecified atom stereocenters. The van der Waals surface area contributed by atoms with E-state index in [4.69, 9.17) is 23.2 Å². The van der Waals surface area contributed by atoms with Crippen molar-refractivity contribution in [2.75, 3.05) is 7.05 Å². The zero-order chi connectivity index (χ0) is 14.0. The van der Waals surface area contributed by atoms with Crippen LogP contribution in [0.15, 0.2) is 23.1 Å². The average molecular weight is 320 g/mol. The summed E-state index contributed by atoms with van der Waals surface area (Å²) in [6, 6.07) is 5.51. The minimum atomic E-state index is -0.784. The number of rotatable bonds is 4. The lowest BCUT2D eigenvalue weighted by molar-refractivity contribution is -0.144. The van der Waals surface area contributed by atoms with Gasteiger partial charge in [-0.15, -0.1) is 11.8 Å². The van der Waals surface area contributed by atoms with Crippen molar-refractivity contribution in [3.8, 4) is 0 Å². The third kappa shape index (κ3) is 3.19. The largest absolute Gasteiger partial charge is 0.480 e. The van der Waals surface area contributed by atoms with Crippen LogP contribution in [0.4, 0.5) is 0 Å². The number of likely N-dealkylation sites (N-methyl/N-ethyl adjacent to an activating group) is 1. The fraction of sp³-hybridized carbons (Fsp3) is 0.462. The van der Waals surface area contributed by atoms with E-state index in [1.165, 1.54) is 0 Å². The van der Waals surface area contributed by atoms with Crippen LogP contribution >= 0.6 is 35.0 Å². The van der Waals surface area contributed by atoms with E-state index in [-0.39, 0.29) is 5.25 Å². The molecular weight excluding hydrogens is 305 g/mol. The van der Waals surface area contributed by atoms with Gasteiger partial charge in [0.15, 0.2) is 0 Å². The minimum absolute atomic E-state index is 0.279. The van der Waals surface area contributed by atoms with Gasteiger partial charge >= 0.3 is 5.97 Å². The van der Waals surface area contributed by atoms with Crippen molar-refractivity contribution < 1.29 is 9.90 Å². The Bertz CT molecular complexity index is 498. The second-order valence-electron chi connectivity index (χ2n) is 4.70. The number of thioether (sulfide) groups is 1. The lowest BCUT2D eigenvalue weighted by Gasteiger charge is -2.23. The standard InChI is InChI=1S/C13H15Cl2NO2S/c1-16-13(12(17)18)5-4-9(7-13)19-8-2-3-10(14)11(15)6-8/h2-3,6,9,16H,4-5,7H2,1H3,(H,17,18). The number of aliphatic carboxylic acids is 1. The first-order chi connectivity index (χ1) is 8.97. The van der Waals surface area contributed by atoms with Gasteiger partial charge in [0.1, 0.15) is 5.54 Å². The molecule has 6 heteroatoms. The molecule has 0 spiro atoms. The molecule has 1 fully saturated rings. The van der Waals surface area contributed by atoms with Gasteiger partial charge in [-0.1, -0.05) is 23.2 Å². The van der Waals surface area contributed by atoms with Crippen molar-refractivity contribution in [2.24, 2.45) is 0 Å². The number of carbonyl (C=O) groups is 1. The van der Waals surface area contributed by atoms with E-state index in [1.807, 2.05) is 12.1 Å². The van der Waals surface area contributed by atoms with Crippen molar-refractivity contribution in [1.29, 1.82) is 0 Å². The highest BCUT2D eigenvalue weighted by molar-refractivity contribution is 8.00. The van der Waals surface area contributed by atoms with Gasteiger partial charge < -0.3 is 10.4 Å². The highest BCUT2D eigenvalue weighted by Crippen LogP contribution is 2.41. The molecule has 3 nitrogen and oxygen atoms in total. The second-order valence-corrected chi connectivity index (χ2v) is 6.88. The summed E-state index contributed by atoms with van der Waals surface area (Å²) >= 11 is 13.5. The highest BCUT2D eigenvalue weighted by Gasteiger charge is 2.44. The molecule has 0 aliphatic heterocycles. The molecule has 0 heterocycles. The number of halogens is 2. The Hall–Kier alpha value is -0.420. The van der Waals surface area contributed by atoms with Crippen molar-refractivity contribution in [1.82, 2.24) is 5.32 Å². The molecule has 2 N–H and O–H groups in total. The van der Waals surface area contributed by atoms with E-state index in [1.54, 1.807) is 24.9 Å². The normalized spacial score (nSPS) is 26.6. The molecule has 19 heavy (non-hydrogen) atoms. The summed E-state index contributed by atoms with van der Waals surface area (Å²) in [7, 11) is 1.71. The molecule has 0 saturated heterocycles. The zero-order valence-corrected chi connectivity index (χ0v) is 12.8. The van der Waals surface area contributed by atoms with Crippen LogP contribution in [0.3, 0.4) is 0 Å². The van der Waals surface area contributed by atoms with Gasteiger partial charge in [-0.3, -0.25) is 4.79 Å². The van der Waals surface area contributed by atoms with Crippen LogP contribution in [0, 0.1) is 0 Å². The lowest BCUT2D eigenvalue weighted by atomic mass is 9.99. The van der Waals surface area contributed by atoms with Crippen molar-refractivity contribution in [2.45, 2.75) is 34.9 Å². The molecule has 104 valence electrons. The zero-order valence-electron chi connectivity index (χ0n) is 10.5. The predicted octanol–water partition coefficient (Wildman–Crippen LogP) is 3.68. The molecule has 1 aromatic carbocycles. The van der Waals surface area contributed by atoms with Gasteiger partial charge in [0, 0.05) is 10.1 Å². The first-order valence-electron chi connectivity index (χ1n) is 6.01. The molecule has 1 aliphatic carbocycles. The summed E-state index contributed by atoms with van der Waals surface area (Å²) < 4.78 is 0. The van der Waals surface area contributed by atoms with Crippen LogP contribution in [-0.4, -0.2) is 28.9 Å². The maximum atomic E-state index is 11.3. The van der Waals surface area contributed by atoms with Gasteiger partial charge in [-0.25, -0.2) is 0 Å². The molecule has 0 aromatic heterocycles. The molecule has 0 bridgehead atoms. The quantitative estimate of drug-likeness (QED) is 0.888. The second kappa shape index (κ2) is 5.92. The van der Waals surface area contributed by atoms with Crippen molar-refractivity contribution in [3.63, 3.8) is 0 Å². The topological polar surface area (TPSA) is 49.3 Å². The van der Waals surface area contributed by atoms with E-state index in [0.29, 0.717) is 22.9 Å². The number of hydrogen-bond donors (Lipinski definition) is 2.